The molecule has 2 amide bonds. The third-order valence-electron chi connectivity index (χ3n) is 6.05. The smallest absolute Gasteiger partial charge is 0.255 e. The molecule has 1 N–H and O–H groups in total. The van der Waals surface area contributed by atoms with Crippen molar-refractivity contribution in [1.29, 1.82) is 0 Å². The molecule has 2 aliphatic heterocycles. The molecule has 29 heavy (non-hydrogen) atoms. The van der Waals surface area contributed by atoms with E-state index >= 15 is 0 Å². The highest BCUT2D eigenvalue weighted by atomic mass is 35.5. The van der Waals surface area contributed by atoms with E-state index in [0.717, 1.165) is 18.7 Å². The van der Waals surface area contributed by atoms with Crippen LogP contribution in [0.4, 0.5) is 5.69 Å². The zero-order chi connectivity index (χ0) is 20.0. The highest BCUT2D eigenvalue weighted by Crippen LogP contribution is 2.41. The zero-order valence-corrected chi connectivity index (χ0v) is 16.8. The van der Waals surface area contributed by atoms with Gasteiger partial charge in [-0.25, -0.2) is 4.98 Å². The Kier molecular flexibility index (Phi) is 4.59. The van der Waals surface area contributed by atoms with Crippen LogP contribution in [0.25, 0.3) is 0 Å². The Morgan fingerprint density at radius 1 is 1.24 bits per heavy atom. The Morgan fingerprint density at radius 2 is 2.03 bits per heavy atom. The molecule has 8 heteroatoms. The minimum absolute atomic E-state index is 0.206. The molecule has 3 heterocycles. The molecule has 5 rings (SSSR count). The average molecular weight is 415 g/mol. The minimum Gasteiger partial charge on any atom is -0.352 e. The van der Waals surface area contributed by atoms with Crippen molar-refractivity contribution < 1.29 is 14.3 Å². The van der Waals surface area contributed by atoms with Gasteiger partial charge in [0.1, 0.15) is 11.4 Å². The predicted octanol–water partition coefficient (Wildman–Crippen LogP) is 2.80. The van der Waals surface area contributed by atoms with Crippen molar-refractivity contribution in [3.05, 3.63) is 47.5 Å². The first-order valence-corrected chi connectivity index (χ1v) is 10.5. The fourth-order valence-corrected chi connectivity index (χ4v) is 4.53. The van der Waals surface area contributed by atoms with Crippen molar-refractivity contribution >= 4 is 29.1 Å². The normalized spacial score (nSPS) is 22.9. The molecule has 1 aromatic carbocycles. The van der Waals surface area contributed by atoms with Gasteiger partial charge < -0.3 is 19.5 Å². The maximum absolute atomic E-state index is 12.9. The van der Waals surface area contributed by atoms with E-state index in [9.17, 15) is 9.59 Å². The molecule has 1 saturated heterocycles. The van der Waals surface area contributed by atoms with Gasteiger partial charge in [-0.15, -0.1) is 0 Å². The third kappa shape index (κ3) is 3.53. The molecule has 1 spiro atoms. The van der Waals surface area contributed by atoms with Gasteiger partial charge in [-0.05, 0) is 31.0 Å². The van der Waals surface area contributed by atoms with Crippen molar-refractivity contribution in [2.75, 3.05) is 18.4 Å². The number of hydrogen-bond donors (Lipinski definition) is 1. The Morgan fingerprint density at radius 3 is 2.76 bits per heavy atom. The monoisotopic (exact) mass is 414 g/mol. The molecule has 2 aromatic rings. The van der Waals surface area contributed by atoms with E-state index in [1.807, 2.05) is 15.7 Å². The average Bonchev–Trinajstić information content (AvgIpc) is 3.45. The molecule has 1 aliphatic carbocycles. The number of nitrogens with one attached hydrogen (secondary N) is 1. The first kappa shape index (κ1) is 18.6. The molecule has 152 valence electrons. The summed E-state index contributed by atoms with van der Waals surface area (Å²) in [4.78, 5) is 31.8. The van der Waals surface area contributed by atoms with Gasteiger partial charge in [-0.3, -0.25) is 9.59 Å². The van der Waals surface area contributed by atoms with Crippen LogP contribution in [0.1, 0.15) is 31.5 Å². The number of hydrogen-bond acceptors (Lipinski definition) is 4. The number of carbonyl (C=O) groups excluding carboxylic acids is 2. The van der Waals surface area contributed by atoms with E-state index in [1.54, 1.807) is 30.5 Å². The summed E-state index contributed by atoms with van der Waals surface area (Å²) in [7, 11) is 0. The predicted molar refractivity (Wildman–Crippen MR) is 107 cm³/mol. The first-order valence-electron chi connectivity index (χ1n) is 10.1. The molecule has 0 bridgehead atoms. The van der Waals surface area contributed by atoms with E-state index in [4.69, 9.17) is 16.3 Å². The summed E-state index contributed by atoms with van der Waals surface area (Å²) in [5, 5.41) is 3.46. The molecule has 1 saturated carbocycles. The molecule has 0 radical (unpaired) electrons. The van der Waals surface area contributed by atoms with Crippen LogP contribution in [0.3, 0.4) is 0 Å². The number of piperidine rings is 1. The van der Waals surface area contributed by atoms with Crippen LogP contribution >= 0.6 is 11.6 Å². The quantitative estimate of drug-likeness (QED) is 0.837. The van der Waals surface area contributed by atoms with E-state index in [-0.39, 0.29) is 17.7 Å². The molecular formula is C21H23ClN4O3. The van der Waals surface area contributed by atoms with Crippen molar-refractivity contribution in [2.24, 2.45) is 5.92 Å². The summed E-state index contributed by atoms with van der Waals surface area (Å²) < 4.78 is 8.41. The van der Waals surface area contributed by atoms with Gasteiger partial charge in [0.25, 0.3) is 5.91 Å². The third-order valence-corrected chi connectivity index (χ3v) is 6.28. The number of rotatable bonds is 3. The van der Waals surface area contributed by atoms with E-state index in [1.165, 1.54) is 0 Å². The topological polar surface area (TPSA) is 76.5 Å². The number of imidazole rings is 1. The van der Waals surface area contributed by atoms with Gasteiger partial charge in [0.15, 0.2) is 6.10 Å². The molecule has 1 aromatic heterocycles. The Bertz CT molecular complexity index is 947. The Hall–Kier alpha value is -2.38. The number of aromatic nitrogens is 2. The molecule has 2 fully saturated rings. The van der Waals surface area contributed by atoms with Crippen LogP contribution in [0.15, 0.2) is 36.7 Å². The van der Waals surface area contributed by atoms with Crippen LogP contribution in [0, 0.1) is 5.92 Å². The fraction of sp³-hybridized carbons (Fsp3) is 0.476. The van der Waals surface area contributed by atoms with Crippen molar-refractivity contribution in [1.82, 2.24) is 14.5 Å². The van der Waals surface area contributed by atoms with Crippen LogP contribution in [-0.2, 0) is 26.5 Å². The van der Waals surface area contributed by atoms with E-state index in [0.29, 0.717) is 43.2 Å². The number of benzene rings is 1. The number of anilines is 1. The van der Waals surface area contributed by atoms with Gasteiger partial charge in [0, 0.05) is 55.0 Å². The molecule has 7 nitrogen and oxygen atoms in total. The summed E-state index contributed by atoms with van der Waals surface area (Å²) in [5.74, 6) is 1.12. The highest BCUT2D eigenvalue weighted by Gasteiger charge is 2.48. The minimum atomic E-state index is -0.640. The van der Waals surface area contributed by atoms with Gasteiger partial charge in [0.05, 0.1) is 6.54 Å². The lowest BCUT2D eigenvalue weighted by Gasteiger charge is -2.45. The lowest BCUT2D eigenvalue weighted by molar-refractivity contribution is -0.172. The van der Waals surface area contributed by atoms with E-state index < -0.39 is 11.7 Å². The fourth-order valence-electron chi connectivity index (χ4n) is 4.34. The maximum Gasteiger partial charge on any atom is 0.255 e. The van der Waals surface area contributed by atoms with Crippen molar-refractivity contribution in [2.45, 2.75) is 43.9 Å². The van der Waals surface area contributed by atoms with E-state index in [2.05, 4.69) is 10.3 Å². The van der Waals surface area contributed by atoms with Crippen LogP contribution in [-0.4, -0.2) is 45.5 Å². The lowest BCUT2D eigenvalue weighted by atomic mass is 9.88. The summed E-state index contributed by atoms with van der Waals surface area (Å²) >= 11 is 6.02. The SMILES string of the molecule is O=C(Nc1cccc(Cl)c1)C1Cn2ccnc2C2(CCN(C(=O)C3CC3)CC2)O1. The Balaban J connectivity index is 1.33. The van der Waals surface area contributed by atoms with Gasteiger partial charge in [-0.2, -0.15) is 0 Å². The second-order valence-electron chi connectivity index (χ2n) is 8.10. The number of likely N-dealkylation sites (tertiary alicyclic amines) is 1. The molecule has 1 atom stereocenters. The summed E-state index contributed by atoms with van der Waals surface area (Å²) in [6, 6.07) is 7.06. The second kappa shape index (κ2) is 7.15. The van der Waals surface area contributed by atoms with Crippen LogP contribution in [0.2, 0.25) is 5.02 Å². The summed E-state index contributed by atoms with van der Waals surface area (Å²) in [6.07, 6.45) is 6.30. The number of ether oxygens (including phenoxy) is 1. The lowest BCUT2D eigenvalue weighted by Crippen LogP contribution is -2.54. The Labute approximate surface area is 174 Å². The number of carbonyl (C=O) groups is 2. The first-order chi connectivity index (χ1) is 14.0. The second-order valence-corrected chi connectivity index (χ2v) is 8.54. The number of nitrogens with zero attached hydrogens (tertiary/aromatic N) is 3. The number of fused-ring (bicyclic) bond motifs is 2. The largest absolute Gasteiger partial charge is 0.352 e. The summed E-state index contributed by atoms with van der Waals surface area (Å²) in [6.45, 7) is 1.67. The standard InChI is InChI=1S/C21H23ClN4O3/c22-15-2-1-3-16(12-15)24-18(27)17-13-26-11-8-23-20(26)21(29-17)6-9-25(10-7-21)19(28)14-4-5-14/h1-3,8,11-12,14,17H,4-7,9-10,13H2,(H,24,27). The zero-order valence-electron chi connectivity index (χ0n) is 16.0. The van der Waals surface area contributed by atoms with Gasteiger partial charge in [-0.1, -0.05) is 17.7 Å². The van der Waals surface area contributed by atoms with Crippen molar-refractivity contribution in [3.63, 3.8) is 0 Å². The number of amides is 2. The van der Waals surface area contributed by atoms with Gasteiger partial charge >= 0.3 is 0 Å². The van der Waals surface area contributed by atoms with Crippen LogP contribution < -0.4 is 5.32 Å². The van der Waals surface area contributed by atoms with Gasteiger partial charge in [0.2, 0.25) is 5.91 Å². The number of halogens is 1. The highest BCUT2D eigenvalue weighted by molar-refractivity contribution is 6.30. The maximum atomic E-state index is 12.9. The summed E-state index contributed by atoms with van der Waals surface area (Å²) in [5.41, 5.74) is -0.000245. The molecular weight excluding hydrogens is 392 g/mol. The van der Waals surface area contributed by atoms with Crippen LogP contribution in [0.5, 0.6) is 0 Å². The molecule has 1 unspecified atom stereocenters. The van der Waals surface area contributed by atoms with Crippen molar-refractivity contribution in [3.8, 4) is 0 Å². The molecule has 3 aliphatic rings.